The van der Waals surface area contributed by atoms with Gasteiger partial charge in [-0.25, -0.2) is 0 Å². The minimum absolute atomic E-state index is 0.0323. The molecule has 5 heteroatoms. The van der Waals surface area contributed by atoms with E-state index in [2.05, 4.69) is 5.32 Å². The highest BCUT2D eigenvalue weighted by Gasteiger charge is 2.17. The number of hydrogen-bond donors (Lipinski definition) is 1. The quantitative estimate of drug-likeness (QED) is 0.824. The fourth-order valence-electron chi connectivity index (χ4n) is 3.19. The van der Waals surface area contributed by atoms with Gasteiger partial charge in [0.05, 0.1) is 21.3 Å². The molecule has 1 aliphatic rings. The van der Waals surface area contributed by atoms with Crippen LogP contribution in [0.25, 0.3) is 0 Å². The van der Waals surface area contributed by atoms with Crippen molar-refractivity contribution in [2.24, 2.45) is 5.92 Å². The molecule has 1 aromatic rings. The molecule has 0 radical (unpaired) electrons. The largest absolute Gasteiger partial charge is 0.493 e. The van der Waals surface area contributed by atoms with Gasteiger partial charge in [0.25, 0.3) is 0 Å². The van der Waals surface area contributed by atoms with Crippen LogP contribution in [0.1, 0.15) is 44.9 Å². The van der Waals surface area contributed by atoms with Crippen molar-refractivity contribution in [1.82, 2.24) is 0 Å². The highest BCUT2D eigenvalue weighted by Crippen LogP contribution is 2.40. The first-order chi connectivity index (χ1) is 11.2. The SMILES string of the molecule is COc1cc(NC(=O)CCC2CCCCC2)cc(OC)c1OC. The van der Waals surface area contributed by atoms with Crippen LogP contribution in [-0.4, -0.2) is 27.2 Å². The topological polar surface area (TPSA) is 56.8 Å². The Hall–Kier alpha value is -1.91. The van der Waals surface area contributed by atoms with Crippen molar-refractivity contribution in [2.75, 3.05) is 26.6 Å². The van der Waals surface area contributed by atoms with Gasteiger partial charge in [-0.1, -0.05) is 32.1 Å². The molecule has 0 aliphatic heterocycles. The van der Waals surface area contributed by atoms with Gasteiger partial charge in [0, 0.05) is 24.2 Å². The van der Waals surface area contributed by atoms with Crippen LogP contribution in [0.5, 0.6) is 17.2 Å². The number of amides is 1. The maximum atomic E-state index is 12.2. The first-order valence-corrected chi connectivity index (χ1v) is 8.27. The van der Waals surface area contributed by atoms with E-state index in [1.807, 2.05) is 0 Å². The van der Waals surface area contributed by atoms with Crippen LogP contribution in [0.15, 0.2) is 12.1 Å². The second-order valence-corrected chi connectivity index (χ2v) is 6.00. The first kappa shape index (κ1) is 17.4. The molecule has 1 amide bonds. The lowest BCUT2D eigenvalue weighted by Crippen LogP contribution is -2.15. The van der Waals surface area contributed by atoms with Gasteiger partial charge in [0.1, 0.15) is 0 Å². The third kappa shape index (κ3) is 4.78. The molecule has 0 saturated heterocycles. The van der Waals surface area contributed by atoms with Gasteiger partial charge in [-0.15, -0.1) is 0 Å². The van der Waals surface area contributed by atoms with E-state index in [9.17, 15) is 4.79 Å². The number of hydrogen-bond acceptors (Lipinski definition) is 4. The average molecular weight is 321 g/mol. The number of anilines is 1. The minimum atomic E-state index is 0.0323. The van der Waals surface area contributed by atoms with E-state index < -0.39 is 0 Å². The highest BCUT2D eigenvalue weighted by molar-refractivity contribution is 5.91. The smallest absolute Gasteiger partial charge is 0.224 e. The Morgan fingerprint density at radius 1 is 1.04 bits per heavy atom. The number of carbonyl (C=O) groups is 1. The Morgan fingerprint density at radius 3 is 2.17 bits per heavy atom. The van der Waals surface area contributed by atoms with Crippen LogP contribution in [0.4, 0.5) is 5.69 Å². The molecule has 0 spiro atoms. The second-order valence-electron chi connectivity index (χ2n) is 6.00. The standard InChI is InChI=1S/C18H27NO4/c1-21-15-11-14(12-16(22-2)18(15)23-3)19-17(20)10-9-13-7-5-4-6-8-13/h11-13H,4-10H2,1-3H3,(H,19,20). The summed E-state index contributed by atoms with van der Waals surface area (Å²) in [6.45, 7) is 0. The van der Waals surface area contributed by atoms with E-state index in [1.54, 1.807) is 33.5 Å². The van der Waals surface area contributed by atoms with Crippen LogP contribution in [0.3, 0.4) is 0 Å². The fourth-order valence-corrected chi connectivity index (χ4v) is 3.19. The van der Waals surface area contributed by atoms with Crippen LogP contribution >= 0.6 is 0 Å². The monoisotopic (exact) mass is 321 g/mol. The molecule has 0 bridgehead atoms. The van der Waals surface area contributed by atoms with Crippen LogP contribution in [-0.2, 0) is 4.79 Å². The van der Waals surface area contributed by atoms with Crippen molar-refractivity contribution in [3.8, 4) is 17.2 Å². The van der Waals surface area contributed by atoms with Crippen LogP contribution in [0.2, 0.25) is 0 Å². The van der Waals surface area contributed by atoms with E-state index >= 15 is 0 Å². The lowest BCUT2D eigenvalue weighted by Gasteiger charge is -2.21. The summed E-state index contributed by atoms with van der Waals surface area (Å²) in [5.74, 6) is 2.33. The minimum Gasteiger partial charge on any atom is -0.493 e. The van der Waals surface area contributed by atoms with Gasteiger partial charge in [0.15, 0.2) is 11.5 Å². The molecule has 5 nitrogen and oxygen atoms in total. The maximum absolute atomic E-state index is 12.2. The zero-order chi connectivity index (χ0) is 16.7. The average Bonchev–Trinajstić information content (AvgIpc) is 2.59. The molecule has 2 rings (SSSR count). The molecule has 1 aromatic carbocycles. The fraction of sp³-hybridized carbons (Fsp3) is 0.611. The summed E-state index contributed by atoms with van der Waals surface area (Å²) in [6.07, 6.45) is 8.00. The Kier molecular flexibility index (Phi) is 6.56. The maximum Gasteiger partial charge on any atom is 0.224 e. The highest BCUT2D eigenvalue weighted by atomic mass is 16.5. The number of ether oxygens (including phenoxy) is 3. The van der Waals surface area contributed by atoms with Crippen LogP contribution in [0, 0.1) is 5.92 Å². The molecule has 1 fully saturated rings. The van der Waals surface area contributed by atoms with E-state index in [4.69, 9.17) is 14.2 Å². The molecule has 0 heterocycles. The normalized spacial score (nSPS) is 15.1. The van der Waals surface area contributed by atoms with E-state index in [1.165, 1.54) is 32.1 Å². The van der Waals surface area contributed by atoms with Crippen molar-refractivity contribution >= 4 is 11.6 Å². The van der Waals surface area contributed by atoms with Crippen molar-refractivity contribution in [1.29, 1.82) is 0 Å². The van der Waals surface area contributed by atoms with E-state index in [0.29, 0.717) is 35.3 Å². The number of rotatable bonds is 7. The summed E-state index contributed by atoms with van der Waals surface area (Å²) in [6, 6.07) is 3.50. The lowest BCUT2D eigenvalue weighted by molar-refractivity contribution is -0.116. The summed E-state index contributed by atoms with van der Waals surface area (Å²) in [4.78, 5) is 12.2. The molecule has 1 N–H and O–H groups in total. The van der Waals surface area contributed by atoms with Crippen LogP contribution < -0.4 is 19.5 Å². The molecule has 128 valence electrons. The van der Waals surface area contributed by atoms with E-state index in [0.717, 1.165) is 6.42 Å². The van der Waals surface area contributed by atoms with Gasteiger partial charge < -0.3 is 19.5 Å². The van der Waals surface area contributed by atoms with Crippen molar-refractivity contribution in [3.63, 3.8) is 0 Å². The molecule has 0 aromatic heterocycles. The van der Waals surface area contributed by atoms with Gasteiger partial charge in [0.2, 0.25) is 11.7 Å². The lowest BCUT2D eigenvalue weighted by atomic mass is 9.86. The number of benzene rings is 1. The first-order valence-electron chi connectivity index (χ1n) is 8.27. The summed E-state index contributed by atoms with van der Waals surface area (Å²) in [5, 5.41) is 2.93. The molecular formula is C18H27NO4. The molecule has 1 aliphatic carbocycles. The van der Waals surface area contributed by atoms with Crippen molar-refractivity contribution < 1.29 is 19.0 Å². The summed E-state index contributed by atoms with van der Waals surface area (Å²) in [7, 11) is 4.68. The number of carbonyl (C=O) groups excluding carboxylic acids is 1. The van der Waals surface area contributed by atoms with Gasteiger partial charge >= 0.3 is 0 Å². The summed E-state index contributed by atoms with van der Waals surface area (Å²) < 4.78 is 15.9. The molecule has 1 saturated carbocycles. The van der Waals surface area contributed by atoms with E-state index in [-0.39, 0.29) is 5.91 Å². The Labute approximate surface area is 138 Å². The number of nitrogens with one attached hydrogen (secondary N) is 1. The predicted molar refractivity (Wildman–Crippen MR) is 90.5 cm³/mol. The third-order valence-electron chi connectivity index (χ3n) is 4.45. The molecule has 0 atom stereocenters. The van der Waals surface area contributed by atoms with Gasteiger partial charge in [-0.2, -0.15) is 0 Å². The molecule has 23 heavy (non-hydrogen) atoms. The second kappa shape index (κ2) is 8.65. The number of methoxy groups -OCH3 is 3. The molecular weight excluding hydrogens is 294 g/mol. The summed E-state index contributed by atoms with van der Waals surface area (Å²) in [5.41, 5.74) is 0.660. The van der Waals surface area contributed by atoms with Crippen molar-refractivity contribution in [2.45, 2.75) is 44.9 Å². The Balaban J connectivity index is 1.96. The summed E-state index contributed by atoms with van der Waals surface area (Å²) >= 11 is 0. The van der Waals surface area contributed by atoms with Gasteiger partial charge in [-0.05, 0) is 12.3 Å². The Morgan fingerprint density at radius 2 is 1.65 bits per heavy atom. The van der Waals surface area contributed by atoms with Crippen molar-refractivity contribution in [3.05, 3.63) is 12.1 Å². The molecule has 0 unspecified atom stereocenters. The van der Waals surface area contributed by atoms with Gasteiger partial charge in [-0.3, -0.25) is 4.79 Å². The zero-order valence-electron chi connectivity index (χ0n) is 14.3. The zero-order valence-corrected chi connectivity index (χ0v) is 14.3. The third-order valence-corrected chi connectivity index (χ3v) is 4.45. The Bertz CT molecular complexity index is 499. The predicted octanol–water partition coefficient (Wildman–Crippen LogP) is 4.01.